The Morgan fingerprint density at radius 3 is 1.57 bits per heavy atom. The van der Waals surface area contributed by atoms with Gasteiger partial charge in [-0.3, -0.25) is 0 Å². The Morgan fingerprint density at radius 2 is 1.43 bits per heavy atom. The average molecular weight is 140 g/mol. The van der Waals surface area contributed by atoms with Crippen molar-refractivity contribution in [2.24, 2.45) is 0 Å². The molecule has 1 rings (SSSR count). The minimum atomic E-state index is 0. The topological polar surface area (TPSA) is 0 Å². The van der Waals surface area contributed by atoms with Crippen molar-refractivity contribution in [1.82, 2.24) is 0 Å². The first-order valence-corrected chi connectivity index (χ1v) is 5.00. The van der Waals surface area contributed by atoms with Crippen LogP contribution in [0.3, 0.4) is 0 Å². The van der Waals surface area contributed by atoms with Crippen LogP contribution in [0.4, 0.5) is 0 Å². The molecule has 1 saturated heterocycles. The van der Waals surface area contributed by atoms with Crippen molar-refractivity contribution in [3.8, 4) is 0 Å². The molecular formula is C5H13KSi. The Bertz CT molecular complexity index is 23.6. The van der Waals surface area contributed by atoms with E-state index in [4.69, 9.17) is 0 Å². The molecule has 0 amide bonds. The van der Waals surface area contributed by atoms with Crippen molar-refractivity contribution in [2.75, 3.05) is 0 Å². The zero-order valence-corrected chi connectivity index (χ0v) is 5.66. The summed E-state index contributed by atoms with van der Waals surface area (Å²) in [7, 11) is 0.508. The standard InChI is InChI=1S/C5H12Si.K.H/c1-2-4-6-5-3-1;;/h1-6H2;;. The van der Waals surface area contributed by atoms with E-state index in [1.165, 1.54) is 6.42 Å². The summed E-state index contributed by atoms with van der Waals surface area (Å²) >= 11 is 0. The van der Waals surface area contributed by atoms with Gasteiger partial charge in [-0.1, -0.05) is 31.4 Å². The molecule has 0 nitrogen and oxygen atoms in total. The van der Waals surface area contributed by atoms with Gasteiger partial charge < -0.3 is 0 Å². The summed E-state index contributed by atoms with van der Waals surface area (Å²) in [6.07, 6.45) is 4.66. The molecule has 2 heteroatoms. The van der Waals surface area contributed by atoms with E-state index in [-0.39, 0.29) is 51.4 Å². The molecule has 1 heterocycles. The van der Waals surface area contributed by atoms with Crippen molar-refractivity contribution in [2.45, 2.75) is 31.4 Å². The predicted molar refractivity (Wildman–Crippen MR) is 39.2 cm³/mol. The van der Waals surface area contributed by atoms with Crippen LogP contribution in [0, 0.1) is 0 Å². The van der Waals surface area contributed by atoms with Gasteiger partial charge in [-0.2, -0.15) is 0 Å². The van der Waals surface area contributed by atoms with Crippen LogP contribution in [0.25, 0.3) is 0 Å². The number of rotatable bonds is 0. The van der Waals surface area contributed by atoms with E-state index < -0.39 is 0 Å². The maximum atomic E-state index is 1.64. The Balaban J connectivity index is 0.000000360. The molecule has 0 aromatic carbocycles. The van der Waals surface area contributed by atoms with Crippen LogP contribution in [0.1, 0.15) is 19.3 Å². The third-order valence-electron chi connectivity index (χ3n) is 1.50. The molecule has 0 radical (unpaired) electrons. The van der Waals surface area contributed by atoms with Gasteiger partial charge in [0, 0.05) is 9.52 Å². The fraction of sp³-hybridized carbons (Fsp3) is 1.00. The first-order valence-electron chi connectivity index (χ1n) is 3.00. The molecule has 1 fully saturated rings. The molecule has 0 saturated carbocycles. The van der Waals surface area contributed by atoms with Crippen LogP contribution in [0.5, 0.6) is 0 Å². The number of hydrogen-bond donors (Lipinski definition) is 0. The molecule has 0 spiro atoms. The second kappa shape index (κ2) is 5.98. The molecule has 0 bridgehead atoms. The van der Waals surface area contributed by atoms with Crippen LogP contribution in [-0.4, -0.2) is 60.9 Å². The third kappa shape index (κ3) is 4.36. The zero-order chi connectivity index (χ0) is 4.24. The molecule has 1 aliphatic heterocycles. The molecule has 0 aromatic rings. The molecular weight excluding hydrogens is 127 g/mol. The summed E-state index contributed by atoms with van der Waals surface area (Å²) in [5, 5.41) is 0. The molecule has 0 N–H and O–H groups in total. The molecule has 0 atom stereocenters. The SMILES string of the molecule is C1CC[SiH2]CC1.[KH]. The van der Waals surface area contributed by atoms with Crippen LogP contribution < -0.4 is 0 Å². The molecule has 1 aliphatic rings. The van der Waals surface area contributed by atoms with E-state index in [0.29, 0.717) is 9.52 Å². The van der Waals surface area contributed by atoms with E-state index in [2.05, 4.69) is 0 Å². The normalized spacial score (nSPS) is 20.6. The quantitative estimate of drug-likeness (QED) is 0.431. The Hall–Kier alpha value is 1.85. The fourth-order valence-corrected chi connectivity index (χ4v) is 2.83. The Labute approximate surface area is 90.7 Å². The summed E-state index contributed by atoms with van der Waals surface area (Å²) in [5.41, 5.74) is 0. The van der Waals surface area contributed by atoms with Gasteiger partial charge in [0.15, 0.2) is 0 Å². The second-order valence-corrected chi connectivity index (χ2v) is 4.24. The van der Waals surface area contributed by atoms with Gasteiger partial charge in [0.1, 0.15) is 0 Å². The van der Waals surface area contributed by atoms with Gasteiger partial charge in [-0.15, -0.1) is 0 Å². The van der Waals surface area contributed by atoms with Gasteiger partial charge in [0.25, 0.3) is 0 Å². The molecule has 38 valence electrons. The first-order chi connectivity index (χ1) is 3.00. The molecule has 7 heavy (non-hydrogen) atoms. The zero-order valence-electron chi connectivity index (χ0n) is 4.24. The Kier molecular flexibility index (Phi) is 7.56. The van der Waals surface area contributed by atoms with Gasteiger partial charge in [0.05, 0.1) is 0 Å². The van der Waals surface area contributed by atoms with E-state index in [0.717, 1.165) is 0 Å². The summed E-state index contributed by atoms with van der Waals surface area (Å²) in [5.74, 6) is 0. The van der Waals surface area contributed by atoms with Gasteiger partial charge >= 0.3 is 51.4 Å². The summed E-state index contributed by atoms with van der Waals surface area (Å²) in [6, 6.07) is 3.28. The van der Waals surface area contributed by atoms with Gasteiger partial charge in [0.2, 0.25) is 0 Å². The second-order valence-electron chi connectivity index (χ2n) is 2.12. The van der Waals surface area contributed by atoms with Crippen molar-refractivity contribution in [3.05, 3.63) is 0 Å². The monoisotopic (exact) mass is 140 g/mol. The fourth-order valence-electron chi connectivity index (χ4n) is 1.06. The predicted octanol–water partition coefficient (Wildman–Crippen LogP) is 0.527. The average Bonchev–Trinajstić information content (AvgIpc) is 1.72. The van der Waals surface area contributed by atoms with Crippen LogP contribution in [0.15, 0.2) is 0 Å². The Morgan fingerprint density at radius 1 is 0.857 bits per heavy atom. The third-order valence-corrected chi connectivity index (χ3v) is 3.50. The maximum absolute atomic E-state index is 1.64. The van der Waals surface area contributed by atoms with Crippen molar-refractivity contribution >= 4 is 60.9 Å². The first kappa shape index (κ1) is 8.85. The molecule has 0 aliphatic carbocycles. The van der Waals surface area contributed by atoms with Crippen molar-refractivity contribution in [1.29, 1.82) is 0 Å². The summed E-state index contributed by atoms with van der Waals surface area (Å²) in [4.78, 5) is 0. The van der Waals surface area contributed by atoms with E-state index in [1.54, 1.807) is 24.9 Å². The van der Waals surface area contributed by atoms with Crippen LogP contribution in [0.2, 0.25) is 12.1 Å². The van der Waals surface area contributed by atoms with Crippen LogP contribution in [-0.2, 0) is 0 Å². The van der Waals surface area contributed by atoms with Gasteiger partial charge in [-0.25, -0.2) is 0 Å². The van der Waals surface area contributed by atoms with E-state index in [9.17, 15) is 0 Å². The van der Waals surface area contributed by atoms with Gasteiger partial charge in [-0.05, 0) is 0 Å². The molecule has 0 aromatic heterocycles. The van der Waals surface area contributed by atoms with E-state index >= 15 is 0 Å². The summed E-state index contributed by atoms with van der Waals surface area (Å²) < 4.78 is 0. The van der Waals surface area contributed by atoms with E-state index in [1.807, 2.05) is 0 Å². The van der Waals surface area contributed by atoms with Crippen LogP contribution >= 0.6 is 0 Å². The van der Waals surface area contributed by atoms with Crippen molar-refractivity contribution < 1.29 is 0 Å². The summed E-state index contributed by atoms with van der Waals surface area (Å²) in [6.45, 7) is 0. The minimum absolute atomic E-state index is 0. The number of hydrogen-bond acceptors (Lipinski definition) is 0. The molecule has 0 unspecified atom stereocenters. The van der Waals surface area contributed by atoms with Crippen molar-refractivity contribution in [3.63, 3.8) is 0 Å².